The standard InChI is InChI=1S/C15H20O4/c1-18-14-9-12(10-15(11-14)19-2)6-7-13(17)5-3-4-8-16/h6-7,9-11,16H,3-5,8H2,1-2H3. The van der Waals surface area contributed by atoms with Crippen LogP contribution in [0.5, 0.6) is 11.5 Å². The van der Waals surface area contributed by atoms with E-state index in [0.717, 1.165) is 5.56 Å². The van der Waals surface area contributed by atoms with Crippen LogP contribution in [0.1, 0.15) is 24.8 Å². The molecule has 1 rings (SSSR count). The number of aliphatic hydroxyl groups excluding tert-OH is 1. The minimum Gasteiger partial charge on any atom is -0.497 e. The van der Waals surface area contributed by atoms with Gasteiger partial charge in [0.1, 0.15) is 11.5 Å². The molecule has 0 spiro atoms. The van der Waals surface area contributed by atoms with Crippen molar-refractivity contribution in [2.75, 3.05) is 20.8 Å². The van der Waals surface area contributed by atoms with E-state index in [1.165, 1.54) is 0 Å². The van der Waals surface area contributed by atoms with Gasteiger partial charge in [0.05, 0.1) is 14.2 Å². The van der Waals surface area contributed by atoms with Crippen LogP contribution in [-0.2, 0) is 4.79 Å². The summed E-state index contributed by atoms with van der Waals surface area (Å²) in [6.07, 6.45) is 5.11. The molecule has 0 atom stereocenters. The molecule has 0 aromatic heterocycles. The lowest BCUT2D eigenvalue weighted by Gasteiger charge is -2.05. The van der Waals surface area contributed by atoms with E-state index < -0.39 is 0 Å². The number of allylic oxidation sites excluding steroid dienone is 1. The van der Waals surface area contributed by atoms with Crippen LogP contribution < -0.4 is 9.47 Å². The number of aliphatic hydroxyl groups is 1. The first-order chi connectivity index (χ1) is 9.19. The number of carbonyl (C=O) groups is 1. The van der Waals surface area contributed by atoms with Crippen LogP contribution in [-0.4, -0.2) is 31.7 Å². The summed E-state index contributed by atoms with van der Waals surface area (Å²) in [7, 11) is 3.17. The van der Waals surface area contributed by atoms with E-state index in [0.29, 0.717) is 30.8 Å². The van der Waals surface area contributed by atoms with E-state index in [2.05, 4.69) is 0 Å². The zero-order chi connectivity index (χ0) is 14.1. The molecular formula is C15H20O4. The molecular weight excluding hydrogens is 244 g/mol. The van der Waals surface area contributed by atoms with E-state index in [1.54, 1.807) is 32.4 Å². The highest BCUT2D eigenvalue weighted by molar-refractivity contribution is 5.93. The molecule has 4 nitrogen and oxygen atoms in total. The summed E-state index contributed by atoms with van der Waals surface area (Å²) < 4.78 is 10.3. The molecule has 19 heavy (non-hydrogen) atoms. The van der Waals surface area contributed by atoms with Gasteiger partial charge in [-0.3, -0.25) is 4.79 Å². The maximum absolute atomic E-state index is 11.6. The van der Waals surface area contributed by atoms with E-state index in [9.17, 15) is 4.79 Å². The Bertz CT molecular complexity index is 416. The normalized spacial score (nSPS) is 10.7. The molecule has 0 aliphatic heterocycles. The minimum atomic E-state index is 0.0511. The lowest BCUT2D eigenvalue weighted by Crippen LogP contribution is -1.94. The quantitative estimate of drug-likeness (QED) is 0.579. The van der Waals surface area contributed by atoms with Crippen molar-refractivity contribution in [3.05, 3.63) is 29.8 Å². The molecule has 104 valence electrons. The molecule has 0 amide bonds. The van der Waals surface area contributed by atoms with Crippen LogP contribution in [0, 0.1) is 0 Å². The zero-order valence-electron chi connectivity index (χ0n) is 11.4. The summed E-state index contributed by atoms with van der Waals surface area (Å²) in [5.41, 5.74) is 0.853. The molecule has 0 saturated heterocycles. The fourth-order valence-electron chi connectivity index (χ4n) is 1.61. The van der Waals surface area contributed by atoms with Gasteiger partial charge in [0.2, 0.25) is 0 Å². The number of carbonyl (C=O) groups excluding carboxylic acids is 1. The molecule has 0 unspecified atom stereocenters. The first kappa shape index (κ1) is 15.2. The van der Waals surface area contributed by atoms with Crippen molar-refractivity contribution in [2.45, 2.75) is 19.3 Å². The van der Waals surface area contributed by atoms with Gasteiger partial charge < -0.3 is 14.6 Å². The zero-order valence-corrected chi connectivity index (χ0v) is 11.4. The number of ketones is 1. The second-order valence-electron chi connectivity index (χ2n) is 4.13. The monoisotopic (exact) mass is 264 g/mol. The van der Waals surface area contributed by atoms with Gasteiger partial charge in [-0.15, -0.1) is 0 Å². The van der Waals surface area contributed by atoms with Crippen LogP contribution in [0.4, 0.5) is 0 Å². The fourth-order valence-corrected chi connectivity index (χ4v) is 1.61. The molecule has 0 aliphatic carbocycles. The molecule has 4 heteroatoms. The number of unbranched alkanes of at least 4 members (excludes halogenated alkanes) is 1. The maximum Gasteiger partial charge on any atom is 0.155 e. The Hall–Kier alpha value is -1.81. The first-order valence-corrected chi connectivity index (χ1v) is 6.24. The first-order valence-electron chi connectivity index (χ1n) is 6.24. The van der Waals surface area contributed by atoms with Gasteiger partial charge in [-0.25, -0.2) is 0 Å². The van der Waals surface area contributed by atoms with Crippen LogP contribution in [0.25, 0.3) is 6.08 Å². The Kier molecular flexibility index (Phi) is 6.68. The van der Waals surface area contributed by atoms with E-state index in [-0.39, 0.29) is 12.4 Å². The lowest BCUT2D eigenvalue weighted by molar-refractivity contribution is -0.114. The third-order valence-electron chi connectivity index (χ3n) is 2.67. The van der Waals surface area contributed by atoms with E-state index >= 15 is 0 Å². The highest BCUT2D eigenvalue weighted by atomic mass is 16.5. The van der Waals surface area contributed by atoms with Gasteiger partial charge in [0, 0.05) is 19.1 Å². The molecule has 0 saturated carbocycles. The van der Waals surface area contributed by atoms with Crippen LogP contribution in [0.15, 0.2) is 24.3 Å². The summed E-state index contributed by atoms with van der Waals surface area (Å²) in [5.74, 6) is 1.42. The fraction of sp³-hybridized carbons (Fsp3) is 0.400. The average molecular weight is 264 g/mol. The Balaban J connectivity index is 2.67. The summed E-state index contributed by atoms with van der Waals surface area (Å²) >= 11 is 0. The van der Waals surface area contributed by atoms with Gasteiger partial charge in [-0.1, -0.05) is 6.08 Å². The number of hydrogen-bond acceptors (Lipinski definition) is 4. The number of hydrogen-bond donors (Lipinski definition) is 1. The van der Waals surface area contributed by atoms with Crippen LogP contribution >= 0.6 is 0 Å². The number of ether oxygens (including phenoxy) is 2. The largest absolute Gasteiger partial charge is 0.497 e. The predicted octanol–water partition coefficient (Wildman–Crippen LogP) is 2.45. The SMILES string of the molecule is COc1cc(C=CC(=O)CCCCO)cc(OC)c1. The maximum atomic E-state index is 11.6. The highest BCUT2D eigenvalue weighted by Gasteiger charge is 2.01. The van der Waals surface area contributed by atoms with Crippen LogP contribution in [0.2, 0.25) is 0 Å². The van der Waals surface area contributed by atoms with Crippen molar-refractivity contribution in [1.29, 1.82) is 0 Å². The van der Waals surface area contributed by atoms with E-state index in [4.69, 9.17) is 14.6 Å². The summed E-state index contributed by atoms with van der Waals surface area (Å²) in [4.78, 5) is 11.6. The van der Waals surface area contributed by atoms with Crippen LogP contribution in [0.3, 0.4) is 0 Å². The Morgan fingerprint density at radius 1 is 1.16 bits per heavy atom. The molecule has 0 fully saturated rings. The second-order valence-corrected chi connectivity index (χ2v) is 4.13. The molecule has 0 bridgehead atoms. The average Bonchev–Trinajstić information content (AvgIpc) is 2.45. The van der Waals surface area contributed by atoms with Crippen molar-refractivity contribution >= 4 is 11.9 Å². The molecule has 1 aromatic carbocycles. The summed E-state index contributed by atoms with van der Waals surface area (Å²) in [6.45, 7) is 0.129. The summed E-state index contributed by atoms with van der Waals surface area (Å²) in [5, 5.41) is 8.65. The van der Waals surface area contributed by atoms with Crippen molar-refractivity contribution in [3.63, 3.8) is 0 Å². The third kappa shape index (κ3) is 5.57. The summed E-state index contributed by atoms with van der Waals surface area (Å²) in [6, 6.07) is 5.44. The van der Waals surface area contributed by atoms with Gasteiger partial charge >= 0.3 is 0 Å². The second kappa shape index (κ2) is 8.32. The van der Waals surface area contributed by atoms with Gasteiger partial charge in [0.15, 0.2) is 5.78 Å². The van der Waals surface area contributed by atoms with Gasteiger partial charge in [0.25, 0.3) is 0 Å². The van der Waals surface area contributed by atoms with Gasteiger partial charge in [-0.2, -0.15) is 0 Å². The minimum absolute atomic E-state index is 0.0511. The predicted molar refractivity (Wildman–Crippen MR) is 74.5 cm³/mol. The number of benzene rings is 1. The topological polar surface area (TPSA) is 55.8 Å². The molecule has 0 radical (unpaired) electrons. The number of methoxy groups -OCH3 is 2. The van der Waals surface area contributed by atoms with Crippen molar-refractivity contribution in [3.8, 4) is 11.5 Å². The lowest BCUT2D eigenvalue weighted by atomic mass is 10.1. The van der Waals surface area contributed by atoms with Crippen molar-refractivity contribution < 1.29 is 19.4 Å². The number of rotatable bonds is 8. The smallest absolute Gasteiger partial charge is 0.155 e. The third-order valence-corrected chi connectivity index (χ3v) is 2.67. The molecule has 0 aliphatic rings. The van der Waals surface area contributed by atoms with Crippen molar-refractivity contribution in [1.82, 2.24) is 0 Å². The molecule has 1 aromatic rings. The highest BCUT2D eigenvalue weighted by Crippen LogP contribution is 2.23. The Labute approximate surface area is 113 Å². The van der Waals surface area contributed by atoms with Gasteiger partial charge in [-0.05, 0) is 36.6 Å². The molecule has 0 heterocycles. The Morgan fingerprint density at radius 2 is 1.79 bits per heavy atom. The Morgan fingerprint density at radius 3 is 2.32 bits per heavy atom. The van der Waals surface area contributed by atoms with Crippen molar-refractivity contribution in [2.24, 2.45) is 0 Å². The van der Waals surface area contributed by atoms with E-state index in [1.807, 2.05) is 12.1 Å². The molecule has 1 N–H and O–H groups in total.